The van der Waals surface area contributed by atoms with Crippen LogP contribution in [0.1, 0.15) is 22.8 Å². The Bertz CT molecular complexity index is 543. The lowest BCUT2D eigenvalue weighted by Crippen LogP contribution is -2.29. The minimum Gasteiger partial charge on any atom is -0.444 e. The minimum atomic E-state index is -1.06. The number of nitrogens with zero attached hydrogens (tertiary/aromatic N) is 1. The lowest BCUT2D eigenvalue weighted by atomic mass is 9.79. The second kappa shape index (κ2) is 4.98. The van der Waals surface area contributed by atoms with Gasteiger partial charge < -0.3 is 14.4 Å². The molecule has 18 heavy (non-hydrogen) atoms. The summed E-state index contributed by atoms with van der Waals surface area (Å²) in [7, 11) is -1.06. The Labute approximate surface area is 109 Å². The highest BCUT2D eigenvalue weighted by molar-refractivity contribution is 6.61. The van der Waals surface area contributed by atoms with Crippen LogP contribution in [-0.4, -0.2) is 24.2 Å². The van der Waals surface area contributed by atoms with Crippen LogP contribution in [0.2, 0.25) is 5.02 Å². The molecule has 1 aromatic rings. The zero-order valence-corrected chi connectivity index (χ0v) is 10.3. The van der Waals surface area contributed by atoms with Crippen molar-refractivity contribution in [3.63, 3.8) is 0 Å². The number of rotatable bonds is 2. The topological polar surface area (TPSA) is 79.5 Å². The number of fused-ring (bicyclic) bond motifs is 1. The van der Waals surface area contributed by atoms with Gasteiger partial charge in [-0.15, -0.1) is 0 Å². The Balaban J connectivity index is 2.32. The van der Waals surface area contributed by atoms with Crippen molar-refractivity contribution in [2.24, 2.45) is 0 Å². The van der Waals surface area contributed by atoms with Gasteiger partial charge in [-0.25, -0.2) is 4.79 Å². The SMILES string of the molecule is CC(C#N)OC(=O)c1cc2c(cc1Cl)COB2O. The molecule has 0 aliphatic carbocycles. The van der Waals surface area contributed by atoms with E-state index in [0.717, 1.165) is 5.56 Å². The molecule has 1 aromatic carbocycles. The first kappa shape index (κ1) is 12.9. The number of esters is 1. The number of hydrogen-bond acceptors (Lipinski definition) is 5. The normalized spacial score (nSPS) is 14.9. The summed E-state index contributed by atoms with van der Waals surface area (Å²) in [5.74, 6) is -0.698. The molecular formula is C11H9BClNO4. The van der Waals surface area contributed by atoms with Gasteiger partial charge >= 0.3 is 13.1 Å². The highest BCUT2D eigenvalue weighted by Gasteiger charge is 2.30. The van der Waals surface area contributed by atoms with Gasteiger partial charge in [0, 0.05) is 0 Å². The Morgan fingerprint density at radius 1 is 1.72 bits per heavy atom. The van der Waals surface area contributed by atoms with E-state index in [4.69, 9.17) is 26.3 Å². The van der Waals surface area contributed by atoms with Crippen LogP contribution in [0.4, 0.5) is 0 Å². The van der Waals surface area contributed by atoms with E-state index >= 15 is 0 Å². The maximum Gasteiger partial charge on any atom is 0.491 e. The summed E-state index contributed by atoms with van der Waals surface area (Å²) < 4.78 is 9.86. The van der Waals surface area contributed by atoms with Crippen molar-refractivity contribution < 1.29 is 19.2 Å². The Morgan fingerprint density at radius 2 is 2.44 bits per heavy atom. The first-order valence-electron chi connectivity index (χ1n) is 5.25. The van der Waals surface area contributed by atoms with Gasteiger partial charge in [-0.3, -0.25) is 0 Å². The van der Waals surface area contributed by atoms with Crippen molar-refractivity contribution in [3.8, 4) is 6.07 Å². The van der Waals surface area contributed by atoms with E-state index < -0.39 is 19.2 Å². The van der Waals surface area contributed by atoms with Gasteiger partial charge in [0.15, 0.2) is 6.10 Å². The van der Waals surface area contributed by atoms with E-state index in [9.17, 15) is 9.82 Å². The summed E-state index contributed by atoms with van der Waals surface area (Å²) in [6.45, 7) is 1.71. The van der Waals surface area contributed by atoms with E-state index in [0.29, 0.717) is 5.46 Å². The zero-order chi connectivity index (χ0) is 13.3. The van der Waals surface area contributed by atoms with Crippen LogP contribution in [-0.2, 0) is 16.0 Å². The van der Waals surface area contributed by atoms with Gasteiger partial charge in [0.2, 0.25) is 0 Å². The largest absolute Gasteiger partial charge is 0.491 e. The molecule has 0 bridgehead atoms. The molecule has 2 rings (SSSR count). The Morgan fingerprint density at radius 3 is 3.11 bits per heavy atom. The van der Waals surface area contributed by atoms with Crippen molar-refractivity contribution >= 4 is 30.2 Å². The van der Waals surface area contributed by atoms with Gasteiger partial charge in [0.25, 0.3) is 0 Å². The van der Waals surface area contributed by atoms with Crippen molar-refractivity contribution in [2.45, 2.75) is 19.6 Å². The van der Waals surface area contributed by atoms with Gasteiger partial charge in [0.05, 0.1) is 17.2 Å². The maximum absolute atomic E-state index is 11.8. The number of ether oxygens (including phenoxy) is 1. The molecule has 7 heteroatoms. The van der Waals surface area contributed by atoms with E-state index in [-0.39, 0.29) is 17.2 Å². The predicted molar refractivity (Wildman–Crippen MR) is 64.3 cm³/mol. The van der Waals surface area contributed by atoms with Crippen molar-refractivity contribution in [2.75, 3.05) is 0 Å². The van der Waals surface area contributed by atoms with Crippen LogP contribution < -0.4 is 5.46 Å². The summed E-state index contributed by atoms with van der Waals surface area (Å²) in [4.78, 5) is 11.8. The van der Waals surface area contributed by atoms with E-state index in [1.807, 2.05) is 0 Å². The molecule has 0 saturated heterocycles. The molecule has 0 saturated carbocycles. The standard InChI is InChI=1S/C11H9BClNO4/c1-6(4-14)18-11(15)8-3-9-7(2-10(8)13)5-17-12(9)16/h2-3,6,16H,5H2,1H3. The second-order valence-corrected chi connectivity index (χ2v) is 4.28. The number of benzene rings is 1. The van der Waals surface area contributed by atoms with Crippen LogP contribution in [0.3, 0.4) is 0 Å². The minimum absolute atomic E-state index is 0.113. The predicted octanol–water partition coefficient (Wildman–Crippen LogP) is 0.627. The molecule has 5 nitrogen and oxygen atoms in total. The number of carbonyl (C=O) groups excluding carboxylic acids is 1. The summed E-state index contributed by atoms with van der Waals surface area (Å²) in [5.41, 5.74) is 1.34. The molecule has 1 N–H and O–H groups in total. The fourth-order valence-electron chi connectivity index (χ4n) is 1.65. The summed E-state index contributed by atoms with van der Waals surface area (Å²) in [6, 6.07) is 4.77. The molecular weight excluding hydrogens is 256 g/mol. The van der Waals surface area contributed by atoms with Crippen LogP contribution in [0.15, 0.2) is 12.1 Å². The van der Waals surface area contributed by atoms with Crippen molar-refractivity contribution in [1.29, 1.82) is 5.26 Å². The van der Waals surface area contributed by atoms with E-state index in [1.165, 1.54) is 13.0 Å². The number of carbonyl (C=O) groups is 1. The summed E-state index contributed by atoms with van der Waals surface area (Å²) in [5, 5.41) is 18.3. The molecule has 92 valence electrons. The molecule has 1 atom stereocenters. The molecule has 0 aromatic heterocycles. The molecule has 0 fully saturated rings. The lowest BCUT2D eigenvalue weighted by Gasteiger charge is -2.09. The van der Waals surface area contributed by atoms with Gasteiger partial charge in [-0.05, 0) is 30.1 Å². The van der Waals surface area contributed by atoms with Crippen LogP contribution in [0, 0.1) is 11.3 Å². The monoisotopic (exact) mass is 265 g/mol. The average Bonchev–Trinajstić information content (AvgIpc) is 2.69. The third-order valence-corrected chi connectivity index (χ3v) is 2.89. The number of halogens is 1. The fraction of sp³-hybridized carbons (Fsp3) is 0.273. The van der Waals surface area contributed by atoms with Crippen LogP contribution >= 0.6 is 11.6 Å². The molecule has 1 aliphatic heterocycles. The average molecular weight is 265 g/mol. The Kier molecular flexibility index (Phi) is 3.57. The number of hydrogen-bond donors (Lipinski definition) is 1. The quantitative estimate of drug-likeness (QED) is 0.626. The van der Waals surface area contributed by atoms with Crippen molar-refractivity contribution in [1.82, 2.24) is 0 Å². The van der Waals surface area contributed by atoms with Crippen molar-refractivity contribution in [3.05, 3.63) is 28.3 Å². The maximum atomic E-state index is 11.8. The molecule has 0 radical (unpaired) electrons. The molecule has 0 spiro atoms. The first-order valence-corrected chi connectivity index (χ1v) is 5.63. The summed E-state index contributed by atoms with van der Waals surface area (Å²) in [6.07, 6.45) is -0.858. The number of nitriles is 1. The smallest absolute Gasteiger partial charge is 0.444 e. The van der Waals surface area contributed by atoms with E-state index in [2.05, 4.69) is 0 Å². The third-order valence-electron chi connectivity index (χ3n) is 2.58. The van der Waals surface area contributed by atoms with Crippen LogP contribution in [0.25, 0.3) is 0 Å². The first-order chi connectivity index (χ1) is 8.52. The van der Waals surface area contributed by atoms with Gasteiger partial charge in [-0.2, -0.15) is 5.26 Å². The highest BCUT2D eigenvalue weighted by Crippen LogP contribution is 2.21. The Hall–Kier alpha value is -1.55. The summed E-state index contributed by atoms with van der Waals surface area (Å²) >= 11 is 5.96. The fourth-order valence-corrected chi connectivity index (χ4v) is 1.91. The van der Waals surface area contributed by atoms with Gasteiger partial charge in [0.1, 0.15) is 6.07 Å². The molecule has 1 unspecified atom stereocenters. The third kappa shape index (κ3) is 2.34. The van der Waals surface area contributed by atoms with Gasteiger partial charge in [-0.1, -0.05) is 11.6 Å². The molecule has 1 aliphatic rings. The highest BCUT2D eigenvalue weighted by atomic mass is 35.5. The zero-order valence-electron chi connectivity index (χ0n) is 9.51. The van der Waals surface area contributed by atoms with E-state index in [1.54, 1.807) is 12.1 Å². The molecule has 1 heterocycles. The second-order valence-electron chi connectivity index (χ2n) is 3.87. The lowest BCUT2D eigenvalue weighted by molar-refractivity contribution is 0.0436. The molecule has 0 amide bonds. The van der Waals surface area contributed by atoms with Crippen LogP contribution in [0.5, 0.6) is 0 Å².